The van der Waals surface area contributed by atoms with Gasteiger partial charge in [0.05, 0.1) is 12.7 Å². The maximum Gasteiger partial charge on any atom is 0.407 e. The van der Waals surface area contributed by atoms with Crippen LogP contribution in [0.2, 0.25) is 0 Å². The number of ether oxygens (including phenoxy) is 2. The molecule has 0 radical (unpaired) electrons. The summed E-state index contributed by atoms with van der Waals surface area (Å²) in [4.78, 5) is 23.8. The van der Waals surface area contributed by atoms with Crippen molar-refractivity contribution in [2.45, 2.75) is 45.8 Å². The lowest BCUT2D eigenvalue weighted by Crippen LogP contribution is -2.38. The molecule has 1 aromatic rings. The molecule has 0 aromatic heterocycles. The number of Topliss-reactive ketones (excluding diaryl/α,β-unsaturated/α-hetero) is 1. The SMILES string of the molecule is COc1cccc(F)c1C(=O)CC(C)NC(=O)OC(C)(C)C. The Hall–Kier alpha value is -2.11. The molecule has 0 spiro atoms. The summed E-state index contributed by atoms with van der Waals surface area (Å²) in [6.07, 6.45) is -0.676. The van der Waals surface area contributed by atoms with Gasteiger partial charge in [0.1, 0.15) is 17.2 Å². The number of nitrogens with one attached hydrogen (secondary N) is 1. The van der Waals surface area contributed by atoms with Crippen molar-refractivity contribution >= 4 is 11.9 Å². The van der Waals surface area contributed by atoms with Gasteiger partial charge in [-0.05, 0) is 39.8 Å². The fraction of sp³-hybridized carbons (Fsp3) is 0.500. The zero-order valence-corrected chi connectivity index (χ0v) is 13.5. The molecular weight excluding hydrogens is 289 g/mol. The minimum absolute atomic E-state index is 0.0590. The van der Waals surface area contributed by atoms with Gasteiger partial charge >= 0.3 is 6.09 Å². The second kappa shape index (κ2) is 7.24. The highest BCUT2D eigenvalue weighted by molar-refractivity contribution is 5.99. The molecule has 0 heterocycles. The molecule has 0 bridgehead atoms. The van der Waals surface area contributed by atoms with Crippen LogP contribution in [0.5, 0.6) is 5.75 Å². The van der Waals surface area contributed by atoms with Gasteiger partial charge in [0.15, 0.2) is 5.78 Å². The maximum absolute atomic E-state index is 13.8. The van der Waals surface area contributed by atoms with Crippen molar-refractivity contribution < 1.29 is 23.5 Å². The molecule has 1 unspecified atom stereocenters. The number of carbonyl (C=O) groups is 2. The van der Waals surface area contributed by atoms with Gasteiger partial charge in [-0.2, -0.15) is 0 Å². The third kappa shape index (κ3) is 5.35. The number of amides is 1. The molecule has 6 heteroatoms. The van der Waals surface area contributed by atoms with Crippen LogP contribution in [0.15, 0.2) is 18.2 Å². The summed E-state index contributed by atoms with van der Waals surface area (Å²) >= 11 is 0. The average Bonchev–Trinajstić information content (AvgIpc) is 2.35. The van der Waals surface area contributed by atoms with Gasteiger partial charge in [-0.15, -0.1) is 0 Å². The van der Waals surface area contributed by atoms with Gasteiger partial charge in [-0.1, -0.05) is 6.07 Å². The quantitative estimate of drug-likeness (QED) is 0.847. The highest BCUT2D eigenvalue weighted by atomic mass is 19.1. The lowest BCUT2D eigenvalue weighted by atomic mass is 10.0. The van der Waals surface area contributed by atoms with Crippen LogP contribution in [0.4, 0.5) is 9.18 Å². The molecule has 5 nitrogen and oxygen atoms in total. The van der Waals surface area contributed by atoms with Crippen molar-refractivity contribution in [2.24, 2.45) is 0 Å². The summed E-state index contributed by atoms with van der Waals surface area (Å²) in [5.74, 6) is -0.915. The van der Waals surface area contributed by atoms with E-state index in [4.69, 9.17) is 9.47 Å². The largest absolute Gasteiger partial charge is 0.496 e. The molecule has 1 rings (SSSR count). The topological polar surface area (TPSA) is 64.6 Å². The van der Waals surface area contributed by atoms with E-state index in [0.717, 1.165) is 0 Å². The summed E-state index contributed by atoms with van der Waals surface area (Å²) < 4.78 is 23.9. The summed E-state index contributed by atoms with van der Waals surface area (Å²) in [5, 5.41) is 2.55. The van der Waals surface area contributed by atoms with Crippen LogP contribution in [-0.4, -0.2) is 30.6 Å². The number of rotatable bonds is 5. The van der Waals surface area contributed by atoms with Crippen LogP contribution < -0.4 is 10.1 Å². The van der Waals surface area contributed by atoms with Crippen LogP contribution >= 0.6 is 0 Å². The third-order valence-corrected chi connectivity index (χ3v) is 2.73. The van der Waals surface area contributed by atoms with E-state index in [1.165, 1.54) is 25.3 Å². The fourth-order valence-electron chi connectivity index (χ4n) is 1.88. The highest BCUT2D eigenvalue weighted by Crippen LogP contribution is 2.23. The van der Waals surface area contributed by atoms with Gasteiger partial charge in [0.2, 0.25) is 0 Å². The van der Waals surface area contributed by atoms with E-state index in [-0.39, 0.29) is 17.7 Å². The Balaban J connectivity index is 2.71. The first-order valence-electron chi connectivity index (χ1n) is 6.99. The minimum Gasteiger partial charge on any atom is -0.496 e. The van der Waals surface area contributed by atoms with Crippen LogP contribution in [0.3, 0.4) is 0 Å². The van der Waals surface area contributed by atoms with Crippen molar-refractivity contribution in [3.63, 3.8) is 0 Å². The minimum atomic E-state index is -0.645. The molecule has 122 valence electrons. The first kappa shape index (κ1) is 17.9. The summed E-state index contributed by atoms with van der Waals surface area (Å²) in [7, 11) is 1.37. The van der Waals surface area contributed by atoms with E-state index in [2.05, 4.69) is 5.32 Å². The van der Waals surface area contributed by atoms with Crippen molar-refractivity contribution in [3.05, 3.63) is 29.6 Å². The zero-order valence-electron chi connectivity index (χ0n) is 13.5. The van der Waals surface area contributed by atoms with Crippen LogP contribution in [0.1, 0.15) is 44.5 Å². The number of alkyl carbamates (subject to hydrolysis) is 1. The number of hydrogen-bond donors (Lipinski definition) is 1. The molecule has 0 aliphatic carbocycles. The second-order valence-electron chi connectivity index (χ2n) is 5.99. The monoisotopic (exact) mass is 311 g/mol. The summed E-state index contributed by atoms with van der Waals surface area (Å²) in [6, 6.07) is 3.68. The molecule has 0 saturated carbocycles. The molecule has 1 N–H and O–H groups in total. The van der Waals surface area contributed by atoms with Gasteiger partial charge in [-0.25, -0.2) is 9.18 Å². The van der Waals surface area contributed by atoms with Crippen molar-refractivity contribution in [1.29, 1.82) is 0 Å². The number of carbonyl (C=O) groups excluding carboxylic acids is 2. The van der Waals surface area contributed by atoms with E-state index < -0.39 is 29.3 Å². The molecule has 0 saturated heterocycles. The Bertz CT molecular complexity index is 552. The fourth-order valence-corrected chi connectivity index (χ4v) is 1.88. The van der Waals surface area contributed by atoms with Gasteiger partial charge < -0.3 is 14.8 Å². The predicted molar refractivity (Wildman–Crippen MR) is 80.7 cm³/mol. The zero-order chi connectivity index (χ0) is 16.9. The standard InChI is InChI=1S/C16H22FNO4/c1-10(18-15(20)22-16(2,3)4)9-12(19)14-11(17)7-6-8-13(14)21-5/h6-8,10H,9H2,1-5H3,(H,18,20). The van der Waals surface area contributed by atoms with Crippen molar-refractivity contribution in [3.8, 4) is 5.75 Å². The van der Waals surface area contributed by atoms with Crippen LogP contribution in [0.25, 0.3) is 0 Å². The Morgan fingerprint density at radius 3 is 2.50 bits per heavy atom. The first-order chi connectivity index (χ1) is 10.1. The molecule has 0 aliphatic heterocycles. The van der Waals surface area contributed by atoms with E-state index in [1.54, 1.807) is 27.7 Å². The second-order valence-corrected chi connectivity index (χ2v) is 5.99. The van der Waals surface area contributed by atoms with Gasteiger partial charge in [-0.3, -0.25) is 4.79 Å². The Labute approximate surface area is 129 Å². The first-order valence-corrected chi connectivity index (χ1v) is 6.99. The number of benzene rings is 1. The average molecular weight is 311 g/mol. The van der Waals surface area contributed by atoms with Crippen LogP contribution in [-0.2, 0) is 4.74 Å². The summed E-state index contributed by atoms with van der Waals surface area (Å²) in [5.41, 5.74) is -0.731. The van der Waals surface area contributed by atoms with Crippen molar-refractivity contribution in [2.75, 3.05) is 7.11 Å². The lowest BCUT2D eigenvalue weighted by Gasteiger charge is -2.21. The molecule has 1 amide bonds. The van der Waals surface area contributed by atoms with E-state index in [0.29, 0.717) is 0 Å². The molecule has 0 fully saturated rings. The third-order valence-electron chi connectivity index (χ3n) is 2.73. The summed E-state index contributed by atoms with van der Waals surface area (Å²) in [6.45, 7) is 6.88. The number of hydrogen-bond acceptors (Lipinski definition) is 4. The highest BCUT2D eigenvalue weighted by Gasteiger charge is 2.22. The molecule has 0 aliphatic rings. The molecular formula is C16H22FNO4. The van der Waals surface area contributed by atoms with Gasteiger partial charge in [0, 0.05) is 12.5 Å². The smallest absolute Gasteiger partial charge is 0.407 e. The lowest BCUT2D eigenvalue weighted by molar-refractivity contribution is 0.0506. The van der Waals surface area contributed by atoms with E-state index in [1.807, 2.05) is 0 Å². The maximum atomic E-state index is 13.8. The number of halogens is 1. The van der Waals surface area contributed by atoms with Crippen molar-refractivity contribution in [1.82, 2.24) is 5.32 Å². The molecule has 1 atom stereocenters. The molecule has 1 aromatic carbocycles. The number of ketones is 1. The number of methoxy groups -OCH3 is 1. The Morgan fingerprint density at radius 1 is 1.32 bits per heavy atom. The Kier molecular flexibility index (Phi) is 5.91. The molecule has 22 heavy (non-hydrogen) atoms. The van der Waals surface area contributed by atoms with Crippen LogP contribution in [0, 0.1) is 5.82 Å². The van der Waals surface area contributed by atoms with E-state index in [9.17, 15) is 14.0 Å². The normalized spacial score (nSPS) is 12.5. The predicted octanol–water partition coefficient (Wildman–Crippen LogP) is 3.32. The van der Waals surface area contributed by atoms with Gasteiger partial charge in [0.25, 0.3) is 0 Å². The van der Waals surface area contributed by atoms with E-state index >= 15 is 0 Å². The Morgan fingerprint density at radius 2 is 1.95 bits per heavy atom.